The van der Waals surface area contributed by atoms with E-state index in [2.05, 4.69) is 0 Å². The maximum atomic E-state index is 11.1. The molecule has 1 fully saturated rings. The molecule has 0 bridgehead atoms. The third-order valence-electron chi connectivity index (χ3n) is 4.65. The van der Waals surface area contributed by atoms with Crippen molar-refractivity contribution in [3.05, 3.63) is 0 Å². The molecule has 1 aliphatic heterocycles. The number of hydrogen-bond acceptors (Lipinski definition) is 6. The second-order valence-electron chi connectivity index (χ2n) is 6.98. The van der Waals surface area contributed by atoms with Gasteiger partial charge < -0.3 is 30.2 Å². The van der Waals surface area contributed by atoms with Crippen LogP contribution < -0.4 is 9.80 Å². The molecule has 0 aliphatic carbocycles. The first-order valence-electron chi connectivity index (χ1n) is 9.14. The molecule has 0 spiro atoms. The molecule has 1 aliphatic rings. The molecule has 1 heterocycles. The van der Waals surface area contributed by atoms with Gasteiger partial charge in [0, 0.05) is 26.2 Å². The number of quaternary nitrogens is 2. The van der Waals surface area contributed by atoms with Gasteiger partial charge in [-0.1, -0.05) is 0 Å². The summed E-state index contributed by atoms with van der Waals surface area (Å²) in [7, 11) is 0. The van der Waals surface area contributed by atoms with Gasteiger partial charge in [0.1, 0.15) is 13.1 Å². The third kappa shape index (κ3) is 10.8. The predicted octanol–water partition coefficient (Wildman–Crippen LogP) is -5.29. The molecule has 12 heteroatoms. The molecule has 1 saturated heterocycles. The standard InChI is InChI=1S/C16H28N4O8/c21-13(22)9-17-1-2-18(10-14(23)24)5-6-20(12-16(27)28)8-7-19(4-3-17)11-15(25)26/h1-12H2,(H,21,22)(H,23,24)(H,25,26)(H,27,28)/p+2. The Morgan fingerprint density at radius 2 is 0.929 bits per heavy atom. The second-order valence-corrected chi connectivity index (χ2v) is 6.98. The molecule has 28 heavy (non-hydrogen) atoms. The predicted molar refractivity (Wildman–Crippen MR) is 94.6 cm³/mol. The Labute approximate surface area is 162 Å². The molecule has 0 aromatic heterocycles. The first-order chi connectivity index (χ1) is 13.2. The highest BCUT2D eigenvalue weighted by Gasteiger charge is 2.23. The first kappa shape index (κ1) is 23.8. The van der Waals surface area contributed by atoms with Crippen LogP contribution in [0.15, 0.2) is 0 Å². The normalized spacial score (nSPS) is 23.3. The smallest absolute Gasteiger partial charge is 0.359 e. The van der Waals surface area contributed by atoms with Gasteiger partial charge in [-0.25, -0.2) is 9.59 Å². The van der Waals surface area contributed by atoms with E-state index in [0.29, 0.717) is 52.4 Å². The first-order valence-corrected chi connectivity index (χ1v) is 9.14. The number of aliphatic carboxylic acids is 4. The van der Waals surface area contributed by atoms with Crippen molar-refractivity contribution in [3.63, 3.8) is 0 Å². The van der Waals surface area contributed by atoms with Gasteiger partial charge in [-0.15, -0.1) is 0 Å². The van der Waals surface area contributed by atoms with Gasteiger partial charge in [0.25, 0.3) is 0 Å². The molecule has 12 nitrogen and oxygen atoms in total. The van der Waals surface area contributed by atoms with E-state index in [-0.39, 0.29) is 26.2 Å². The Hall–Kier alpha value is -2.28. The third-order valence-corrected chi connectivity index (χ3v) is 4.65. The van der Waals surface area contributed by atoms with Crippen molar-refractivity contribution in [2.45, 2.75) is 0 Å². The zero-order valence-electron chi connectivity index (χ0n) is 15.8. The van der Waals surface area contributed by atoms with Crippen molar-refractivity contribution >= 4 is 23.9 Å². The van der Waals surface area contributed by atoms with Crippen LogP contribution in [0.1, 0.15) is 0 Å². The fourth-order valence-electron chi connectivity index (χ4n) is 3.22. The van der Waals surface area contributed by atoms with Gasteiger partial charge in [0.15, 0.2) is 13.1 Å². The Kier molecular flexibility index (Phi) is 10.4. The van der Waals surface area contributed by atoms with Gasteiger partial charge in [-0.2, -0.15) is 0 Å². The van der Waals surface area contributed by atoms with Crippen LogP contribution in [0.4, 0.5) is 0 Å². The Bertz CT molecular complexity index is 447. The van der Waals surface area contributed by atoms with Crippen molar-refractivity contribution in [1.82, 2.24) is 9.80 Å². The topological polar surface area (TPSA) is 165 Å². The average molecular weight is 406 g/mol. The number of carboxylic acids is 4. The van der Waals surface area contributed by atoms with Crippen molar-refractivity contribution in [2.75, 3.05) is 78.5 Å². The summed E-state index contributed by atoms with van der Waals surface area (Å²) in [5.74, 6) is -3.96. The minimum atomic E-state index is -1.01. The number of nitrogens with one attached hydrogen (secondary N) is 2. The van der Waals surface area contributed by atoms with Crippen LogP contribution >= 0.6 is 0 Å². The molecule has 2 unspecified atom stereocenters. The molecule has 6 N–H and O–H groups in total. The minimum absolute atomic E-state index is 0.133. The van der Waals surface area contributed by atoms with E-state index in [4.69, 9.17) is 20.4 Å². The summed E-state index contributed by atoms with van der Waals surface area (Å²) in [6.07, 6.45) is 0. The highest BCUT2D eigenvalue weighted by molar-refractivity contribution is 5.69. The SMILES string of the molecule is O=C(O)CN1CCN(CC(=O)O)CC[NH+](CC(=O)O)CC[NH+](CC(=O)O)CC1. The van der Waals surface area contributed by atoms with Gasteiger partial charge in [0.05, 0.1) is 26.2 Å². The second kappa shape index (κ2) is 12.2. The fraction of sp³-hybridized carbons (Fsp3) is 0.750. The van der Waals surface area contributed by atoms with Crippen LogP contribution in [0.2, 0.25) is 0 Å². The van der Waals surface area contributed by atoms with E-state index >= 15 is 0 Å². The van der Waals surface area contributed by atoms with Crippen LogP contribution in [0.3, 0.4) is 0 Å². The Morgan fingerprint density at radius 3 is 1.21 bits per heavy atom. The number of rotatable bonds is 8. The summed E-state index contributed by atoms with van der Waals surface area (Å²) in [5, 5.41) is 36.4. The highest BCUT2D eigenvalue weighted by Crippen LogP contribution is 1.93. The largest absolute Gasteiger partial charge is 0.480 e. The number of carbonyl (C=O) groups is 4. The van der Waals surface area contributed by atoms with Crippen molar-refractivity contribution in [1.29, 1.82) is 0 Å². The summed E-state index contributed by atoms with van der Waals surface area (Å²) in [4.78, 5) is 49.3. The molecule has 1 rings (SSSR count). The highest BCUT2D eigenvalue weighted by atomic mass is 16.4. The van der Waals surface area contributed by atoms with Crippen LogP contribution in [0.25, 0.3) is 0 Å². The molecule has 0 aromatic rings. The van der Waals surface area contributed by atoms with E-state index in [1.165, 1.54) is 0 Å². The lowest BCUT2D eigenvalue weighted by Gasteiger charge is -2.30. The van der Waals surface area contributed by atoms with Crippen LogP contribution in [0.5, 0.6) is 0 Å². The van der Waals surface area contributed by atoms with Crippen LogP contribution in [0, 0.1) is 0 Å². The van der Waals surface area contributed by atoms with Crippen molar-refractivity contribution in [2.24, 2.45) is 0 Å². The van der Waals surface area contributed by atoms with E-state index in [1.807, 2.05) is 0 Å². The Balaban J connectivity index is 2.90. The summed E-state index contributed by atoms with van der Waals surface area (Å²) < 4.78 is 0. The van der Waals surface area contributed by atoms with Gasteiger partial charge in [-0.3, -0.25) is 19.4 Å². The quantitative estimate of drug-likeness (QED) is 0.229. The van der Waals surface area contributed by atoms with Crippen LogP contribution in [-0.2, 0) is 19.2 Å². The van der Waals surface area contributed by atoms with Gasteiger partial charge >= 0.3 is 23.9 Å². The molecule has 0 saturated carbocycles. The molecule has 2 atom stereocenters. The average Bonchev–Trinajstić information content (AvgIpc) is 2.55. The Morgan fingerprint density at radius 1 is 0.571 bits per heavy atom. The lowest BCUT2D eigenvalue weighted by atomic mass is 10.3. The molecule has 0 aromatic carbocycles. The molecule has 160 valence electrons. The summed E-state index contributed by atoms with van der Waals surface area (Å²) >= 11 is 0. The maximum Gasteiger partial charge on any atom is 0.359 e. The van der Waals surface area contributed by atoms with Crippen molar-refractivity contribution in [3.8, 4) is 0 Å². The van der Waals surface area contributed by atoms with Crippen molar-refractivity contribution < 1.29 is 49.4 Å². The number of nitrogens with zero attached hydrogens (tertiary/aromatic N) is 2. The lowest BCUT2D eigenvalue weighted by molar-refractivity contribution is -0.950. The summed E-state index contributed by atoms with van der Waals surface area (Å²) in [6.45, 7) is 2.33. The minimum Gasteiger partial charge on any atom is -0.480 e. The molecular formula is C16H30N4O8+2. The van der Waals surface area contributed by atoms with E-state index in [9.17, 15) is 19.2 Å². The zero-order valence-corrected chi connectivity index (χ0v) is 15.8. The van der Waals surface area contributed by atoms with E-state index < -0.39 is 23.9 Å². The number of carboxylic acid groups (broad SMARTS) is 4. The molecular weight excluding hydrogens is 376 g/mol. The fourth-order valence-corrected chi connectivity index (χ4v) is 3.22. The molecule has 0 radical (unpaired) electrons. The van der Waals surface area contributed by atoms with E-state index in [0.717, 1.165) is 9.80 Å². The van der Waals surface area contributed by atoms with Gasteiger partial charge in [-0.05, 0) is 0 Å². The monoisotopic (exact) mass is 406 g/mol. The van der Waals surface area contributed by atoms with Crippen LogP contribution in [-0.4, -0.2) is 133 Å². The lowest BCUT2D eigenvalue weighted by Crippen LogP contribution is -3.21. The molecule has 0 amide bonds. The summed E-state index contributed by atoms with van der Waals surface area (Å²) in [6, 6.07) is 0. The van der Waals surface area contributed by atoms with Gasteiger partial charge in [0.2, 0.25) is 0 Å². The number of hydrogen-bond donors (Lipinski definition) is 6. The summed E-state index contributed by atoms with van der Waals surface area (Å²) in [5.41, 5.74) is 0. The van der Waals surface area contributed by atoms with E-state index in [1.54, 1.807) is 9.80 Å². The maximum absolute atomic E-state index is 11.1. The zero-order chi connectivity index (χ0) is 21.1.